The monoisotopic (exact) mass is 311 g/mol. The highest BCUT2D eigenvalue weighted by molar-refractivity contribution is 9.10. The maximum absolute atomic E-state index is 9.35. The first-order valence-electron chi connectivity index (χ1n) is 5.47. The fraction of sp³-hybridized carbons (Fsp3) is 0.333. The van der Waals surface area contributed by atoms with Crippen molar-refractivity contribution < 1.29 is 9.84 Å². The molecule has 0 fully saturated rings. The molecule has 0 spiro atoms. The molecule has 18 heavy (non-hydrogen) atoms. The molecule has 0 unspecified atom stereocenters. The molecular formula is C12H14BrN3O2. The van der Waals surface area contributed by atoms with Crippen molar-refractivity contribution in [3.63, 3.8) is 0 Å². The summed E-state index contributed by atoms with van der Waals surface area (Å²) in [5, 5.41) is 17.1. The van der Waals surface area contributed by atoms with E-state index >= 15 is 0 Å². The van der Waals surface area contributed by atoms with Gasteiger partial charge < -0.3 is 14.4 Å². The van der Waals surface area contributed by atoms with Gasteiger partial charge in [0.2, 0.25) is 0 Å². The minimum atomic E-state index is -0.0611. The van der Waals surface area contributed by atoms with Crippen molar-refractivity contribution in [1.82, 2.24) is 14.8 Å². The lowest BCUT2D eigenvalue weighted by Gasteiger charge is -2.13. The van der Waals surface area contributed by atoms with E-state index < -0.39 is 0 Å². The lowest BCUT2D eigenvalue weighted by molar-refractivity contribution is 0.253. The van der Waals surface area contributed by atoms with Gasteiger partial charge in [-0.05, 0) is 24.6 Å². The van der Waals surface area contributed by atoms with Gasteiger partial charge in [-0.15, -0.1) is 10.2 Å². The van der Waals surface area contributed by atoms with Crippen molar-refractivity contribution >= 4 is 15.9 Å². The number of aliphatic hydroxyl groups is 1. The van der Waals surface area contributed by atoms with E-state index in [4.69, 9.17) is 4.74 Å². The quantitative estimate of drug-likeness (QED) is 0.937. The summed E-state index contributed by atoms with van der Waals surface area (Å²) in [7, 11) is 1.86. The lowest BCUT2D eigenvalue weighted by Crippen LogP contribution is -2.05. The fourth-order valence-electron chi connectivity index (χ4n) is 1.70. The third-order valence-corrected chi connectivity index (χ3v) is 3.10. The van der Waals surface area contributed by atoms with E-state index in [9.17, 15) is 5.11 Å². The highest BCUT2D eigenvalue weighted by atomic mass is 79.9. The van der Waals surface area contributed by atoms with Crippen molar-refractivity contribution in [3.05, 3.63) is 39.9 Å². The third-order valence-electron chi connectivity index (χ3n) is 2.64. The second-order valence-electron chi connectivity index (χ2n) is 4.02. The van der Waals surface area contributed by atoms with Crippen LogP contribution in [0.25, 0.3) is 0 Å². The van der Waals surface area contributed by atoms with Gasteiger partial charge in [0, 0.05) is 17.1 Å². The Balaban J connectivity index is 2.21. The molecule has 96 valence electrons. The predicted octanol–water partition coefficient (Wildman–Crippen LogP) is 1.96. The summed E-state index contributed by atoms with van der Waals surface area (Å²) in [5.74, 6) is 1.44. The maximum Gasteiger partial charge on any atom is 0.170 e. The number of aryl methyl sites for hydroxylation is 2. The molecule has 0 aliphatic rings. The molecule has 1 heterocycles. The van der Waals surface area contributed by atoms with Crippen molar-refractivity contribution in [2.45, 2.75) is 20.1 Å². The van der Waals surface area contributed by atoms with Crippen molar-refractivity contribution in [3.8, 4) is 5.75 Å². The lowest BCUT2D eigenvalue weighted by atomic mass is 10.1. The summed E-state index contributed by atoms with van der Waals surface area (Å²) in [4.78, 5) is 0. The number of aliphatic hydroxyl groups excluding tert-OH is 1. The largest absolute Gasteiger partial charge is 0.485 e. The average molecular weight is 312 g/mol. The molecule has 0 aliphatic carbocycles. The van der Waals surface area contributed by atoms with Gasteiger partial charge in [0.15, 0.2) is 5.82 Å². The Bertz CT molecular complexity index is 554. The molecule has 0 amide bonds. The van der Waals surface area contributed by atoms with Crippen LogP contribution >= 0.6 is 15.9 Å². The molecule has 0 saturated heterocycles. The molecule has 2 aromatic rings. The van der Waals surface area contributed by atoms with Gasteiger partial charge in [-0.2, -0.15) is 0 Å². The maximum atomic E-state index is 9.35. The summed E-state index contributed by atoms with van der Waals surface area (Å²) in [6.07, 6.45) is 1.63. The van der Waals surface area contributed by atoms with Crippen LogP contribution in [0.1, 0.15) is 17.0 Å². The van der Waals surface area contributed by atoms with E-state index in [0.717, 1.165) is 21.4 Å². The highest BCUT2D eigenvalue weighted by Gasteiger charge is 2.10. The van der Waals surface area contributed by atoms with Crippen molar-refractivity contribution in [2.75, 3.05) is 0 Å². The molecule has 0 saturated carbocycles. The van der Waals surface area contributed by atoms with Crippen LogP contribution in [-0.4, -0.2) is 19.9 Å². The van der Waals surface area contributed by atoms with E-state index in [1.165, 1.54) is 0 Å². The van der Waals surface area contributed by atoms with E-state index in [-0.39, 0.29) is 6.61 Å². The van der Waals surface area contributed by atoms with E-state index in [1.807, 2.05) is 26.1 Å². The van der Waals surface area contributed by atoms with E-state index in [2.05, 4.69) is 26.1 Å². The first-order valence-corrected chi connectivity index (χ1v) is 6.26. The van der Waals surface area contributed by atoms with Crippen LogP contribution < -0.4 is 4.74 Å². The number of ether oxygens (including phenoxy) is 1. The van der Waals surface area contributed by atoms with Crippen LogP contribution in [0, 0.1) is 6.92 Å². The fourth-order valence-corrected chi connectivity index (χ4v) is 2.32. The van der Waals surface area contributed by atoms with Gasteiger partial charge in [0.05, 0.1) is 6.61 Å². The van der Waals surface area contributed by atoms with Crippen molar-refractivity contribution in [1.29, 1.82) is 0 Å². The zero-order chi connectivity index (χ0) is 13.1. The molecule has 6 heteroatoms. The molecular weight excluding hydrogens is 298 g/mol. The number of aromatic nitrogens is 3. The second-order valence-corrected chi connectivity index (χ2v) is 4.93. The Kier molecular flexibility index (Phi) is 3.98. The topological polar surface area (TPSA) is 60.2 Å². The van der Waals surface area contributed by atoms with Gasteiger partial charge in [-0.3, -0.25) is 0 Å². The van der Waals surface area contributed by atoms with Crippen LogP contribution in [0.4, 0.5) is 0 Å². The zero-order valence-corrected chi connectivity index (χ0v) is 11.8. The SMILES string of the molecule is Cc1cc(Br)cc(CO)c1OCc1nncn1C. The van der Waals surface area contributed by atoms with Gasteiger partial charge in [0.25, 0.3) is 0 Å². The molecule has 1 aromatic heterocycles. The number of nitrogens with zero attached hydrogens (tertiary/aromatic N) is 3. The molecule has 1 N–H and O–H groups in total. The highest BCUT2D eigenvalue weighted by Crippen LogP contribution is 2.28. The van der Waals surface area contributed by atoms with Gasteiger partial charge in [-0.1, -0.05) is 15.9 Å². The van der Waals surface area contributed by atoms with Gasteiger partial charge >= 0.3 is 0 Å². The third kappa shape index (κ3) is 2.70. The standard InChI is InChI=1S/C12H14BrN3O2/c1-8-3-10(13)4-9(5-17)12(8)18-6-11-15-14-7-16(11)2/h3-4,7,17H,5-6H2,1-2H3. The molecule has 0 atom stereocenters. The summed E-state index contributed by atoms with van der Waals surface area (Å²) in [6, 6.07) is 3.80. The summed E-state index contributed by atoms with van der Waals surface area (Å²) in [5.41, 5.74) is 1.72. The van der Waals surface area contributed by atoms with Crippen LogP contribution in [0.5, 0.6) is 5.75 Å². The Hall–Kier alpha value is -1.40. The summed E-state index contributed by atoms with van der Waals surface area (Å²) < 4.78 is 8.46. The number of rotatable bonds is 4. The number of hydrogen-bond donors (Lipinski definition) is 1. The Morgan fingerprint density at radius 3 is 2.83 bits per heavy atom. The minimum Gasteiger partial charge on any atom is -0.485 e. The van der Waals surface area contributed by atoms with Crippen LogP contribution in [0.15, 0.2) is 22.9 Å². The van der Waals surface area contributed by atoms with E-state index in [1.54, 1.807) is 10.9 Å². The molecule has 0 bridgehead atoms. The number of hydrogen-bond acceptors (Lipinski definition) is 4. The van der Waals surface area contributed by atoms with Gasteiger partial charge in [-0.25, -0.2) is 0 Å². The van der Waals surface area contributed by atoms with Crippen molar-refractivity contribution in [2.24, 2.45) is 7.05 Å². The number of benzene rings is 1. The Labute approximate surface area is 114 Å². The van der Waals surface area contributed by atoms with Crippen LogP contribution in [0.3, 0.4) is 0 Å². The first kappa shape index (κ1) is 13.0. The average Bonchev–Trinajstić information content (AvgIpc) is 2.73. The molecule has 0 radical (unpaired) electrons. The van der Waals surface area contributed by atoms with E-state index in [0.29, 0.717) is 12.4 Å². The Morgan fingerprint density at radius 2 is 2.22 bits per heavy atom. The first-order chi connectivity index (χ1) is 8.61. The van der Waals surface area contributed by atoms with Gasteiger partial charge in [0.1, 0.15) is 18.7 Å². The normalized spacial score (nSPS) is 10.7. The molecule has 1 aromatic carbocycles. The predicted molar refractivity (Wildman–Crippen MR) is 70.1 cm³/mol. The summed E-state index contributed by atoms with van der Waals surface area (Å²) in [6.45, 7) is 2.20. The molecule has 0 aliphatic heterocycles. The van der Waals surface area contributed by atoms with Crippen LogP contribution in [-0.2, 0) is 20.3 Å². The van der Waals surface area contributed by atoms with Crippen LogP contribution in [0.2, 0.25) is 0 Å². The Morgan fingerprint density at radius 1 is 1.44 bits per heavy atom. The second kappa shape index (κ2) is 5.49. The molecule has 2 rings (SSSR count). The summed E-state index contributed by atoms with van der Waals surface area (Å²) >= 11 is 3.40. The minimum absolute atomic E-state index is 0.0611. The molecule has 5 nitrogen and oxygen atoms in total. The smallest absolute Gasteiger partial charge is 0.170 e. The number of halogens is 1. The zero-order valence-electron chi connectivity index (χ0n) is 10.2.